The van der Waals surface area contributed by atoms with Crippen LogP contribution in [0.2, 0.25) is 0 Å². The molecule has 4 rings (SSSR count). The van der Waals surface area contributed by atoms with Crippen molar-refractivity contribution in [3.8, 4) is 5.69 Å². The Balaban J connectivity index is 1.41. The number of hydrogen-bond donors (Lipinski definition) is 0. The van der Waals surface area contributed by atoms with Crippen molar-refractivity contribution in [1.29, 1.82) is 0 Å². The van der Waals surface area contributed by atoms with E-state index in [1.165, 1.54) is 5.56 Å². The molecule has 2 aliphatic rings. The normalized spacial score (nSPS) is 17.2. The standard InChI is InChI=1S/C24H29N3O2/c1-17-4-9-22(10-5-17)27-18(2)16-21(19(27)3)8-11-23(28)25-12-14-26(15-13-25)24(29)20-6-7-20/h4-5,8-11,16,20H,6-7,12-15H2,1-3H3/b11-8+. The highest BCUT2D eigenvalue weighted by Gasteiger charge is 2.34. The van der Waals surface area contributed by atoms with Crippen LogP contribution in [0.1, 0.15) is 35.4 Å². The van der Waals surface area contributed by atoms with Gasteiger partial charge in [0.25, 0.3) is 0 Å². The molecule has 0 radical (unpaired) electrons. The van der Waals surface area contributed by atoms with Crippen LogP contribution in [0.3, 0.4) is 0 Å². The van der Waals surface area contributed by atoms with Crippen LogP contribution < -0.4 is 0 Å². The molecule has 0 spiro atoms. The Hall–Kier alpha value is -2.82. The molecule has 29 heavy (non-hydrogen) atoms. The molecule has 1 aromatic carbocycles. The number of amides is 2. The number of aryl methyl sites for hydroxylation is 2. The molecule has 2 heterocycles. The Kier molecular flexibility index (Phi) is 5.31. The lowest BCUT2D eigenvalue weighted by Gasteiger charge is -2.34. The van der Waals surface area contributed by atoms with Crippen molar-refractivity contribution in [2.45, 2.75) is 33.6 Å². The molecule has 1 aliphatic carbocycles. The average molecular weight is 392 g/mol. The van der Waals surface area contributed by atoms with Gasteiger partial charge in [0.1, 0.15) is 0 Å². The predicted molar refractivity (Wildman–Crippen MR) is 115 cm³/mol. The van der Waals surface area contributed by atoms with E-state index >= 15 is 0 Å². The van der Waals surface area contributed by atoms with Crippen LogP contribution in [-0.2, 0) is 9.59 Å². The molecule has 5 heteroatoms. The van der Waals surface area contributed by atoms with Crippen LogP contribution in [0.4, 0.5) is 0 Å². The molecule has 1 aromatic heterocycles. The van der Waals surface area contributed by atoms with Gasteiger partial charge in [-0.25, -0.2) is 0 Å². The summed E-state index contributed by atoms with van der Waals surface area (Å²) in [6.07, 6.45) is 5.64. The van der Waals surface area contributed by atoms with Gasteiger partial charge in [0.05, 0.1) is 0 Å². The fourth-order valence-corrected chi connectivity index (χ4v) is 4.05. The van der Waals surface area contributed by atoms with Crippen LogP contribution >= 0.6 is 0 Å². The molecular weight excluding hydrogens is 362 g/mol. The maximum absolute atomic E-state index is 12.6. The van der Waals surface area contributed by atoms with Gasteiger partial charge in [-0.2, -0.15) is 0 Å². The molecule has 0 atom stereocenters. The Morgan fingerprint density at radius 2 is 1.55 bits per heavy atom. The van der Waals surface area contributed by atoms with Crippen LogP contribution in [0.15, 0.2) is 36.4 Å². The minimum atomic E-state index is 0.0173. The lowest BCUT2D eigenvalue weighted by atomic mass is 10.2. The van der Waals surface area contributed by atoms with Gasteiger partial charge in [0.2, 0.25) is 11.8 Å². The number of carbonyl (C=O) groups excluding carboxylic acids is 2. The van der Waals surface area contributed by atoms with E-state index in [0.29, 0.717) is 26.2 Å². The molecule has 1 saturated heterocycles. The number of carbonyl (C=O) groups is 2. The van der Waals surface area contributed by atoms with Gasteiger partial charge >= 0.3 is 0 Å². The van der Waals surface area contributed by atoms with E-state index in [9.17, 15) is 9.59 Å². The zero-order chi connectivity index (χ0) is 20.5. The van der Waals surface area contributed by atoms with E-state index in [2.05, 4.69) is 55.7 Å². The van der Waals surface area contributed by atoms with Crippen LogP contribution in [-0.4, -0.2) is 52.4 Å². The van der Waals surface area contributed by atoms with E-state index in [-0.39, 0.29) is 17.7 Å². The summed E-state index contributed by atoms with van der Waals surface area (Å²) in [5.74, 6) is 0.542. The summed E-state index contributed by atoms with van der Waals surface area (Å²) in [5, 5.41) is 0. The van der Waals surface area contributed by atoms with Crippen molar-refractivity contribution >= 4 is 17.9 Å². The second-order valence-corrected chi connectivity index (χ2v) is 8.26. The minimum absolute atomic E-state index is 0.0173. The number of rotatable bonds is 4. The van der Waals surface area contributed by atoms with Gasteiger partial charge in [-0.1, -0.05) is 17.7 Å². The molecule has 1 aliphatic heterocycles. The third-order valence-corrected chi connectivity index (χ3v) is 6.00. The average Bonchev–Trinajstić information content (AvgIpc) is 3.53. The molecule has 2 fully saturated rings. The molecule has 0 N–H and O–H groups in total. The number of benzene rings is 1. The third-order valence-electron chi connectivity index (χ3n) is 6.00. The fraction of sp³-hybridized carbons (Fsp3) is 0.417. The number of hydrogen-bond acceptors (Lipinski definition) is 2. The summed E-state index contributed by atoms with van der Waals surface area (Å²) in [4.78, 5) is 28.6. The number of piperazine rings is 1. The van der Waals surface area contributed by atoms with E-state index in [1.54, 1.807) is 6.08 Å². The molecular formula is C24H29N3O2. The van der Waals surface area contributed by atoms with Gasteiger partial charge < -0.3 is 14.4 Å². The quantitative estimate of drug-likeness (QED) is 0.749. The predicted octanol–water partition coefficient (Wildman–Crippen LogP) is 3.50. The van der Waals surface area contributed by atoms with E-state index < -0.39 is 0 Å². The van der Waals surface area contributed by atoms with Gasteiger partial charge in [-0.15, -0.1) is 0 Å². The van der Waals surface area contributed by atoms with E-state index in [1.807, 2.05) is 15.9 Å². The molecule has 0 unspecified atom stereocenters. The Morgan fingerprint density at radius 3 is 2.17 bits per heavy atom. The Labute approximate surface area is 172 Å². The first kappa shape index (κ1) is 19.5. The molecule has 2 amide bonds. The lowest BCUT2D eigenvalue weighted by Crippen LogP contribution is -2.50. The van der Waals surface area contributed by atoms with Gasteiger partial charge in [-0.3, -0.25) is 9.59 Å². The lowest BCUT2D eigenvalue weighted by molar-refractivity contribution is -0.138. The molecule has 1 saturated carbocycles. The first-order chi connectivity index (χ1) is 13.9. The zero-order valence-corrected chi connectivity index (χ0v) is 17.5. The second kappa shape index (κ2) is 7.90. The Morgan fingerprint density at radius 1 is 0.931 bits per heavy atom. The highest BCUT2D eigenvalue weighted by atomic mass is 16.2. The van der Waals surface area contributed by atoms with Crippen molar-refractivity contribution in [3.05, 3.63) is 58.9 Å². The molecule has 0 bridgehead atoms. The summed E-state index contributed by atoms with van der Waals surface area (Å²) in [6.45, 7) is 8.78. The summed E-state index contributed by atoms with van der Waals surface area (Å²) in [5.41, 5.74) is 5.69. The van der Waals surface area contributed by atoms with Crippen molar-refractivity contribution in [1.82, 2.24) is 14.4 Å². The summed E-state index contributed by atoms with van der Waals surface area (Å²) in [7, 11) is 0. The van der Waals surface area contributed by atoms with Crippen molar-refractivity contribution in [2.75, 3.05) is 26.2 Å². The smallest absolute Gasteiger partial charge is 0.246 e. The van der Waals surface area contributed by atoms with Gasteiger partial charge in [0.15, 0.2) is 0 Å². The van der Waals surface area contributed by atoms with Crippen molar-refractivity contribution in [2.24, 2.45) is 5.92 Å². The molecule has 5 nitrogen and oxygen atoms in total. The van der Waals surface area contributed by atoms with Gasteiger partial charge in [0, 0.05) is 55.2 Å². The summed E-state index contributed by atoms with van der Waals surface area (Å²) in [6, 6.07) is 10.6. The maximum atomic E-state index is 12.6. The van der Waals surface area contributed by atoms with Crippen molar-refractivity contribution < 1.29 is 9.59 Å². The first-order valence-electron chi connectivity index (χ1n) is 10.5. The first-order valence-corrected chi connectivity index (χ1v) is 10.5. The fourth-order valence-electron chi connectivity index (χ4n) is 4.05. The number of nitrogens with zero attached hydrogens (tertiary/aromatic N) is 3. The van der Waals surface area contributed by atoms with Crippen LogP contribution in [0.25, 0.3) is 11.8 Å². The third kappa shape index (κ3) is 4.14. The highest BCUT2D eigenvalue weighted by Crippen LogP contribution is 2.31. The second-order valence-electron chi connectivity index (χ2n) is 8.26. The highest BCUT2D eigenvalue weighted by molar-refractivity contribution is 5.92. The van der Waals surface area contributed by atoms with Crippen molar-refractivity contribution in [3.63, 3.8) is 0 Å². The van der Waals surface area contributed by atoms with E-state index in [0.717, 1.165) is 35.5 Å². The largest absolute Gasteiger partial charge is 0.339 e. The molecule has 152 valence electrons. The Bertz CT molecular complexity index is 943. The molecule has 2 aromatic rings. The van der Waals surface area contributed by atoms with E-state index in [4.69, 9.17) is 0 Å². The topological polar surface area (TPSA) is 45.6 Å². The summed E-state index contributed by atoms with van der Waals surface area (Å²) < 4.78 is 2.21. The van der Waals surface area contributed by atoms with Gasteiger partial charge in [-0.05, 0) is 63.5 Å². The number of aromatic nitrogens is 1. The minimum Gasteiger partial charge on any atom is -0.339 e. The maximum Gasteiger partial charge on any atom is 0.246 e. The SMILES string of the molecule is Cc1ccc(-n2c(C)cc(/C=C/C(=O)N3CCN(C(=O)C4CC4)CC3)c2C)cc1. The zero-order valence-electron chi connectivity index (χ0n) is 17.5. The van der Waals surface area contributed by atoms with Crippen LogP contribution in [0.5, 0.6) is 0 Å². The van der Waals surface area contributed by atoms with Crippen LogP contribution in [0, 0.1) is 26.7 Å². The summed E-state index contributed by atoms with van der Waals surface area (Å²) >= 11 is 0. The monoisotopic (exact) mass is 391 g/mol.